The Bertz CT molecular complexity index is 170. The zero-order valence-electron chi connectivity index (χ0n) is 6.27. The predicted octanol–water partition coefficient (Wildman–Crippen LogP) is 4.51. The second-order valence-corrected chi connectivity index (χ2v) is 5.49. The maximum atomic E-state index is 11.8. The van der Waals surface area contributed by atoms with Crippen molar-refractivity contribution in [2.45, 2.75) is 27.7 Å². The van der Waals surface area contributed by atoms with Crippen LogP contribution >= 0.6 is 46.4 Å². The Morgan fingerprint density at radius 3 is 1.54 bits per heavy atom. The fourth-order valence-electron chi connectivity index (χ4n) is 0.482. The molecule has 0 saturated heterocycles. The van der Waals surface area contributed by atoms with E-state index in [0.717, 1.165) is 0 Å². The third-order valence-electron chi connectivity index (χ3n) is 1.26. The lowest BCUT2D eigenvalue weighted by molar-refractivity contribution is -0.136. The molecule has 0 aromatic rings. The fraction of sp³-hybridized carbons (Fsp3) is 0.833. The molecule has 0 unspecified atom stereocenters. The summed E-state index contributed by atoms with van der Waals surface area (Å²) in [5.74, 6) is 0. The van der Waals surface area contributed by atoms with Crippen molar-refractivity contribution in [3.63, 3.8) is 0 Å². The molecule has 0 N–H and O–H groups in total. The molecular weight excluding hydrogens is 271 g/mol. The van der Waals surface area contributed by atoms with Gasteiger partial charge in [0.1, 0.15) is 0 Å². The summed E-state index contributed by atoms with van der Waals surface area (Å²) in [6.07, 6.45) is -6.10. The molecule has 1 radical (unpaired) electrons. The summed E-state index contributed by atoms with van der Waals surface area (Å²) in [6.45, 7) is 3.14. The normalized spacial score (nSPS) is 14.8. The van der Waals surface area contributed by atoms with Crippen molar-refractivity contribution in [2.75, 3.05) is 0 Å². The summed E-state index contributed by atoms with van der Waals surface area (Å²) < 4.78 is 31.5. The van der Waals surface area contributed by atoms with Gasteiger partial charge in [-0.2, -0.15) is 13.2 Å². The predicted molar refractivity (Wildman–Crippen MR) is 49.5 cm³/mol. The van der Waals surface area contributed by atoms with Crippen molar-refractivity contribution in [3.05, 3.63) is 6.92 Å². The Hall–Kier alpha value is 0.950. The molecule has 0 bridgehead atoms. The number of rotatable bonds is 3. The van der Waals surface area contributed by atoms with Gasteiger partial charge in [0.15, 0.2) is 8.67 Å². The molecule has 0 amide bonds. The van der Waals surface area contributed by atoms with E-state index in [1.165, 1.54) is 0 Å². The molecule has 0 aromatic carbocycles. The van der Waals surface area contributed by atoms with Gasteiger partial charge in [-0.05, 0) is 13.3 Å². The molecule has 0 rings (SSSR count). The summed E-state index contributed by atoms with van der Waals surface area (Å²) >= 11 is 21.7. The summed E-state index contributed by atoms with van der Waals surface area (Å²) in [6, 6.07) is 0. The SMILES string of the molecule is [CH2]C(Cl)(Cl)C(Cl)(Cl)CCC(F)(F)F. The quantitative estimate of drug-likeness (QED) is 0.666. The van der Waals surface area contributed by atoms with Crippen LogP contribution in [0.25, 0.3) is 0 Å². The van der Waals surface area contributed by atoms with Gasteiger partial charge < -0.3 is 0 Å². The maximum absolute atomic E-state index is 11.8. The van der Waals surface area contributed by atoms with Crippen LogP contribution in [0.4, 0.5) is 13.2 Å². The molecule has 7 heteroatoms. The number of halogens is 7. The average molecular weight is 277 g/mol. The lowest BCUT2D eigenvalue weighted by Gasteiger charge is -2.29. The summed E-state index contributed by atoms with van der Waals surface area (Å²) in [7, 11) is 0. The summed E-state index contributed by atoms with van der Waals surface area (Å²) in [5.41, 5.74) is 0. The van der Waals surface area contributed by atoms with E-state index < -0.39 is 27.7 Å². The maximum Gasteiger partial charge on any atom is 0.389 e. The first-order chi connectivity index (χ1) is 5.46. The minimum Gasteiger partial charge on any atom is -0.171 e. The van der Waals surface area contributed by atoms with Crippen molar-refractivity contribution in [1.82, 2.24) is 0 Å². The van der Waals surface area contributed by atoms with Gasteiger partial charge in [-0.15, -0.1) is 0 Å². The van der Waals surface area contributed by atoms with Crippen molar-refractivity contribution in [1.29, 1.82) is 0 Å². The van der Waals surface area contributed by atoms with E-state index in [9.17, 15) is 13.2 Å². The molecule has 0 aliphatic carbocycles. The zero-order valence-corrected chi connectivity index (χ0v) is 9.29. The monoisotopic (exact) mass is 275 g/mol. The molecule has 0 fully saturated rings. The zero-order chi connectivity index (χ0) is 10.9. The molecule has 79 valence electrons. The Kier molecular flexibility index (Phi) is 4.52. The van der Waals surface area contributed by atoms with E-state index in [-0.39, 0.29) is 0 Å². The van der Waals surface area contributed by atoms with Gasteiger partial charge in [-0.1, -0.05) is 46.4 Å². The highest BCUT2D eigenvalue weighted by atomic mass is 35.5. The first kappa shape index (κ1) is 13.9. The van der Waals surface area contributed by atoms with Gasteiger partial charge >= 0.3 is 6.18 Å². The molecule has 0 heterocycles. The van der Waals surface area contributed by atoms with Crippen molar-refractivity contribution < 1.29 is 13.2 Å². The Balaban J connectivity index is 4.21. The van der Waals surface area contributed by atoms with Crippen LogP contribution in [-0.4, -0.2) is 14.8 Å². The first-order valence-corrected chi connectivity index (χ1v) is 4.65. The van der Waals surface area contributed by atoms with Gasteiger partial charge in [0, 0.05) is 6.42 Å². The Morgan fingerprint density at radius 1 is 0.923 bits per heavy atom. The van der Waals surface area contributed by atoms with Gasteiger partial charge in [-0.25, -0.2) is 0 Å². The van der Waals surface area contributed by atoms with Crippen LogP contribution in [-0.2, 0) is 0 Å². The fourth-order valence-corrected chi connectivity index (χ4v) is 0.860. The highest BCUT2D eigenvalue weighted by Crippen LogP contribution is 2.46. The molecule has 0 saturated carbocycles. The van der Waals surface area contributed by atoms with Crippen LogP contribution in [0.5, 0.6) is 0 Å². The highest BCUT2D eigenvalue weighted by Gasteiger charge is 2.45. The lowest BCUT2D eigenvalue weighted by Crippen LogP contribution is -2.34. The molecule has 0 spiro atoms. The lowest BCUT2D eigenvalue weighted by atomic mass is 10.2. The molecule has 0 aliphatic rings. The van der Waals surface area contributed by atoms with Crippen LogP contribution in [0, 0.1) is 6.92 Å². The van der Waals surface area contributed by atoms with Crippen molar-refractivity contribution in [2.24, 2.45) is 0 Å². The molecular formula is C6H6Cl4F3. The van der Waals surface area contributed by atoms with Crippen LogP contribution < -0.4 is 0 Å². The van der Waals surface area contributed by atoms with E-state index in [1.807, 2.05) is 0 Å². The van der Waals surface area contributed by atoms with Gasteiger partial charge in [0.05, 0.1) is 0 Å². The average Bonchev–Trinajstić information content (AvgIpc) is 1.79. The minimum absolute atomic E-state index is 0.601. The largest absolute Gasteiger partial charge is 0.389 e. The van der Waals surface area contributed by atoms with E-state index in [1.54, 1.807) is 0 Å². The highest BCUT2D eigenvalue weighted by molar-refractivity contribution is 6.62. The van der Waals surface area contributed by atoms with E-state index in [0.29, 0.717) is 0 Å². The molecule has 0 atom stereocenters. The van der Waals surface area contributed by atoms with Crippen LogP contribution in [0.3, 0.4) is 0 Å². The van der Waals surface area contributed by atoms with Crippen molar-refractivity contribution in [3.8, 4) is 0 Å². The smallest absolute Gasteiger partial charge is 0.171 e. The third-order valence-corrected chi connectivity index (χ3v) is 3.31. The van der Waals surface area contributed by atoms with Gasteiger partial charge in [0.25, 0.3) is 0 Å². The minimum atomic E-state index is -4.34. The van der Waals surface area contributed by atoms with Crippen LogP contribution in [0.15, 0.2) is 0 Å². The standard InChI is InChI=1S/C6H6Cl4F3/c1-4(7,8)5(9,10)2-3-6(11,12)13/h1-3H2. The van der Waals surface area contributed by atoms with Crippen molar-refractivity contribution >= 4 is 46.4 Å². The number of hydrogen-bond donors (Lipinski definition) is 0. The van der Waals surface area contributed by atoms with Crippen LogP contribution in [0.1, 0.15) is 12.8 Å². The molecule has 0 aromatic heterocycles. The first-order valence-electron chi connectivity index (χ1n) is 3.13. The molecule has 13 heavy (non-hydrogen) atoms. The third kappa shape index (κ3) is 5.40. The van der Waals surface area contributed by atoms with E-state index in [4.69, 9.17) is 46.4 Å². The van der Waals surface area contributed by atoms with E-state index in [2.05, 4.69) is 6.92 Å². The number of alkyl halides is 7. The second-order valence-electron chi connectivity index (χ2n) is 2.52. The molecule has 0 nitrogen and oxygen atoms in total. The Morgan fingerprint density at radius 2 is 1.31 bits per heavy atom. The van der Waals surface area contributed by atoms with E-state index >= 15 is 0 Å². The molecule has 0 aliphatic heterocycles. The summed E-state index contributed by atoms with van der Waals surface area (Å²) in [4.78, 5) is 0. The van der Waals surface area contributed by atoms with Gasteiger partial charge in [0.2, 0.25) is 0 Å². The topological polar surface area (TPSA) is 0 Å². The van der Waals surface area contributed by atoms with Gasteiger partial charge in [-0.3, -0.25) is 0 Å². The van der Waals surface area contributed by atoms with Crippen LogP contribution in [0.2, 0.25) is 0 Å². The Labute approximate surface area is 94.3 Å². The number of hydrogen-bond acceptors (Lipinski definition) is 0. The summed E-state index contributed by atoms with van der Waals surface area (Å²) in [5, 5.41) is 0. The second kappa shape index (κ2) is 4.21.